The van der Waals surface area contributed by atoms with E-state index in [0.717, 1.165) is 6.42 Å². The van der Waals surface area contributed by atoms with Crippen molar-refractivity contribution in [2.75, 3.05) is 0 Å². The van der Waals surface area contributed by atoms with Crippen LogP contribution in [0.15, 0.2) is 16.4 Å². The van der Waals surface area contributed by atoms with Crippen LogP contribution in [0.2, 0.25) is 0 Å². The van der Waals surface area contributed by atoms with Gasteiger partial charge in [-0.2, -0.15) is 0 Å². The van der Waals surface area contributed by atoms with Gasteiger partial charge in [0.05, 0.1) is 0 Å². The van der Waals surface area contributed by atoms with E-state index in [1.165, 1.54) is 6.20 Å². The van der Waals surface area contributed by atoms with Crippen LogP contribution in [0.3, 0.4) is 0 Å². The molecule has 0 amide bonds. The summed E-state index contributed by atoms with van der Waals surface area (Å²) in [5, 5.41) is 11.3. The number of sulfonamides is 1. The zero-order valence-corrected chi connectivity index (χ0v) is 12.7. The van der Waals surface area contributed by atoms with E-state index < -0.39 is 16.1 Å². The molecular weight excluding hydrogens is 282 g/mol. The van der Waals surface area contributed by atoms with Gasteiger partial charge in [-0.25, -0.2) is 18.1 Å². The van der Waals surface area contributed by atoms with Crippen molar-refractivity contribution >= 4 is 15.9 Å². The van der Waals surface area contributed by atoms with Crippen LogP contribution in [0, 0.1) is 6.92 Å². The number of amidine groups is 1. The number of nitrogens with two attached hydrogens (primary N) is 1. The van der Waals surface area contributed by atoms with Crippen LogP contribution >= 0.6 is 0 Å². The zero-order valence-electron chi connectivity index (χ0n) is 11.9. The number of hydrogen-bond donors (Lipinski definition) is 3. The van der Waals surface area contributed by atoms with Crippen LogP contribution in [0.25, 0.3) is 0 Å². The normalized spacial score (nSPS) is 14.4. The van der Waals surface area contributed by atoms with E-state index in [1.807, 2.05) is 6.92 Å². The SMILES string of the molecule is CCCn1cc(S(=O)(=O)NC(C)CC(N)=NO)nc1C. The fraction of sp³-hybridized carbons (Fsp3) is 0.636. The molecule has 8 nitrogen and oxygen atoms in total. The zero-order chi connectivity index (χ0) is 15.3. The molecule has 1 aromatic heterocycles. The van der Waals surface area contributed by atoms with E-state index >= 15 is 0 Å². The minimum absolute atomic E-state index is 0.0187. The Balaban J connectivity index is 2.86. The van der Waals surface area contributed by atoms with Gasteiger partial charge in [0.1, 0.15) is 11.7 Å². The lowest BCUT2D eigenvalue weighted by Gasteiger charge is -2.11. The number of oxime groups is 1. The van der Waals surface area contributed by atoms with E-state index in [0.29, 0.717) is 12.4 Å². The Labute approximate surface area is 118 Å². The summed E-state index contributed by atoms with van der Waals surface area (Å²) in [5.74, 6) is 0.615. The van der Waals surface area contributed by atoms with Gasteiger partial charge in [-0.15, -0.1) is 0 Å². The molecule has 0 bridgehead atoms. The van der Waals surface area contributed by atoms with Crippen molar-refractivity contribution in [3.8, 4) is 0 Å². The molecule has 4 N–H and O–H groups in total. The minimum atomic E-state index is -3.71. The van der Waals surface area contributed by atoms with Gasteiger partial charge >= 0.3 is 0 Å². The summed E-state index contributed by atoms with van der Waals surface area (Å²) in [6.07, 6.45) is 2.52. The highest BCUT2D eigenvalue weighted by atomic mass is 32.2. The van der Waals surface area contributed by atoms with Gasteiger partial charge < -0.3 is 15.5 Å². The molecule has 0 spiro atoms. The Morgan fingerprint density at radius 2 is 2.30 bits per heavy atom. The Morgan fingerprint density at radius 3 is 2.85 bits per heavy atom. The molecule has 0 aliphatic carbocycles. The van der Waals surface area contributed by atoms with Crippen LogP contribution in [0.4, 0.5) is 0 Å². The van der Waals surface area contributed by atoms with Crippen LogP contribution in [0.1, 0.15) is 32.5 Å². The van der Waals surface area contributed by atoms with Crippen molar-refractivity contribution in [3.63, 3.8) is 0 Å². The predicted molar refractivity (Wildman–Crippen MR) is 75.1 cm³/mol. The van der Waals surface area contributed by atoms with E-state index in [1.54, 1.807) is 18.4 Å². The molecule has 0 aliphatic heterocycles. The highest BCUT2D eigenvalue weighted by Crippen LogP contribution is 2.10. The second-order valence-corrected chi connectivity index (χ2v) is 6.30. The first-order valence-electron chi connectivity index (χ1n) is 6.32. The number of nitrogens with one attached hydrogen (secondary N) is 1. The Kier molecular flexibility index (Phi) is 5.52. The molecule has 0 saturated carbocycles. The third-order valence-electron chi connectivity index (χ3n) is 2.69. The molecule has 9 heteroatoms. The maximum absolute atomic E-state index is 12.2. The molecule has 114 valence electrons. The van der Waals surface area contributed by atoms with Crippen LogP contribution in [-0.4, -0.2) is 35.1 Å². The topological polar surface area (TPSA) is 123 Å². The summed E-state index contributed by atoms with van der Waals surface area (Å²) in [6, 6.07) is -0.493. The van der Waals surface area contributed by atoms with Crippen molar-refractivity contribution in [1.82, 2.24) is 14.3 Å². The van der Waals surface area contributed by atoms with Crippen molar-refractivity contribution in [2.24, 2.45) is 10.9 Å². The van der Waals surface area contributed by atoms with Gasteiger partial charge in [0, 0.05) is 25.2 Å². The second-order valence-electron chi connectivity index (χ2n) is 4.64. The maximum Gasteiger partial charge on any atom is 0.259 e. The molecule has 0 saturated heterocycles. The number of imidazole rings is 1. The van der Waals surface area contributed by atoms with Gasteiger partial charge in [-0.05, 0) is 20.3 Å². The van der Waals surface area contributed by atoms with Gasteiger partial charge in [0.25, 0.3) is 10.0 Å². The van der Waals surface area contributed by atoms with Crippen molar-refractivity contribution in [1.29, 1.82) is 0 Å². The third-order valence-corrected chi connectivity index (χ3v) is 4.15. The summed E-state index contributed by atoms with van der Waals surface area (Å²) in [7, 11) is -3.71. The lowest BCUT2D eigenvalue weighted by molar-refractivity contribution is 0.316. The first kappa shape index (κ1) is 16.4. The maximum atomic E-state index is 12.2. The lowest BCUT2D eigenvalue weighted by atomic mass is 10.2. The second kappa shape index (κ2) is 6.71. The van der Waals surface area contributed by atoms with Crippen LogP contribution in [-0.2, 0) is 16.6 Å². The summed E-state index contributed by atoms with van der Waals surface area (Å²) in [6.45, 7) is 6.11. The predicted octanol–water partition coefficient (Wildman–Crippen LogP) is 0.405. The summed E-state index contributed by atoms with van der Waals surface area (Å²) < 4.78 is 28.5. The molecule has 1 heterocycles. The van der Waals surface area contributed by atoms with Crippen molar-refractivity contribution in [2.45, 2.75) is 51.2 Å². The molecule has 0 aromatic carbocycles. The van der Waals surface area contributed by atoms with Crippen molar-refractivity contribution < 1.29 is 13.6 Å². The quantitative estimate of drug-likeness (QED) is 0.291. The Morgan fingerprint density at radius 1 is 1.65 bits per heavy atom. The molecule has 20 heavy (non-hydrogen) atoms. The average molecular weight is 303 g/mol. The number of rotatable bonds is 7. The number of nitrogens with zero attached hydrogens (tertiary/aromatic N) is 3. The highest BCUT2D eigenvalue weighted by Gasteiger charge is 2.21. The summed E-state index contributed by atoms with van der Waals surface area (Å²) >= 11 is 0. The lowest BCUT2D eigenvalue weighted by Crippen LogP contribution is -2.36. The molecule has 0 fully saturated rings. The summed E-state index contributed by atoms with van der Waals surface area (Å²) in [5.41, 5.74) is 5.34. The van der Waals surface area contributed by atoms with Crippen molar-refractivity contribution in [3.05, 3.63) is 12.0 Å². The molecule has 1 unspecified atom stereocenters. The van der Waals surface area contributed by atoms with Gasteiger partial charge in [-0.3, -0.25) is 0 Å². The standard InChI is InChI=1S/C11H21N5O3S/c1-4-5-16-7-11(13-9(16)3)20(18,19)15-8(2)6-10(12)14-17/h7-8,15,17H,4-6H2,1-3H3,(H2,12,14). The number of aryl methyl sites for hydroxylation is 2. The molecule has 0 aliphatic rings. The Bertz CT molecular complexity index is 579. The highest BCUT2D eigenvalue weighted by molar-refractivity contribution is 7.89. The Hall–Kier alpha value is -1.61. The first-order valence-corrected chi connectivity index (χ1v) is 7.81. The minimum Gasteiger partial charge on any atom is -0.409 e. The van der Waals surface area contributed by atoms with Gasteiger partial charge in [0.2, 0.25) is 0 Å². The van der Waals surface area contributed by atoms with Crippen LogP contribution in [0.5, 0.6) is 0 Å². The largest absolute Gasteiger partial charge is 0.409 e. The average Bonchev–Trinajstić information content (AvgIpc) is 2.71. The van der Waals surface area contributed by atoms with E-state index in [2.05, 4.69) is 14.9 Å². The van der Waals surface area contributed by atoms with E-state index in [4.69, 9.17) is 10.9 Å². The van der Waals surface area contributed by atoms with Crippen LogP contribution < -0.4 is 10.5 Å². The number of aromatic nitrogens is 2. The molecule has 0 radical (unpaired) electrons. The third kappa shape index (κ3) is 4.20. The molecule has 1 rings (SSSR count). The first-order chi connectivity index (χ1) is 9.30. The smallest absolute Gasteiger partial charge is 0.259 e. The van der Waals surface area contributed by atoms with Gasteiger partial charge in [-0.1, -0.05) is 12.1 Å². The van der Waals surface area contributed by atoms with E-state index in [-0.39, 0.29) is 17.3 Å². The van der Waals surface area contributed by atoms with E-state index in [9.17, 15) is 8.42 Å². The molecule has 1 atom stereocenters. The monoisotopic (exact) mass is 303 g/mol. The fourth-order valence-corrected chi connectivity index (χ4v) is 3.05. The summed E-state index contributed by atoms with van der Waals surface area (Å²) in [4.78, 5) is 4.05. The van der Waals surface area contributed by atoms with Gasteiger partial charge in [0.15, 0.2) is 5.03 Å². The molecular formula is C11H21N5O3S. The molecule has 1 aromatic rings. The number of hydrogen-bond acceptors (Lipinski definition) is 5. The fourth-order valence-electron chi connectivity index (χ4n) is 1.80.